The van der Waals surface area contributed by atoms with Gasteiger partial charge in [-0.05, 0) is 39.8 Å². The highest BCUT2D eigenvalue weighted by Gasteiger charge is 1.98. The fraction of sp³-hybridized carbons (Fsp3) is 0.417. The van der Waals surface area contributed by atoms with Gasteiger partial charge in [-0.25, -0.2) is 4.79 Å². The molecule has 3 heteroatoms. The summed E-state index contributed by atoms with van der Waals surface area (Å²) >= 11 is 0. The fourth-order valence-corrected chi connectivity index (χ4v) is 0.696. The van der Waals surface area contributed by atoms with Gasteiger partial charge in [-0.15, -0.1) is 0 Å². The molecule has 0 saturated heterocycles. The van der Waals surface area contributed by atoms with Gasteiger partial charge in [0, 0.05) is 0 Å². The molecular weight excluding hydrogens is 192 g/mol. The van der Waals surface area contributed by atoms with Crippen molar-refractivity contribution in [3.8, 4) is 0 Å². The third kappa shape index (κ3) is 8.97. The molecule has 0 fully saturated rings. The first-order valence-corrected chi connectivity index (χ1v) is 4.72. The third-order valence-corrected chi connectivity index (χ3v) is 1.30. The molecule has 0 bridgehead atoms. The van der Waals surface area contributed by atoms with E-state index in [2.05, 4.69) is 0 Å². The number of carboxylic acids is 1. The molecule has 1 aromatic rings. The van der Waals surface area contributed by atoms with E-state index in [1.54, 1.807) is 45.0 Å². The zero-order valence-electron chi connectivity index (χ0n) is 9.61. The normalized spacial score (nSPS) is 10.2. The summed E-state index contributed by atoms with van der Waals surface area (Å²) in [6.45, 7) is 7.15. The van der Waals surface area contributed by atoms with Gasteiger partial charge in [-0.1, -0.05) is 17.7 Å². The summed E-state index contributed by atoms with van der Waals surface area (Å²) in [7, 11) is 0. The van der Waals surface area contributed by atoms with Crippen LogP contribution in [0.1, 0.15) is 36.7 Å². The summed E-state index contributed by atoms with van der Waals surface area (Å²) in [6, 6.07) is 6.75. The van der Waals surface area contributed by atoms with E-state index in [1.165, 1.54) is 0 Å². The number of carbonyl (C=O) groups is 1. The number of hydrogen-bond acceptors (Lipinski definition) is 2. The maximum atomic E-state index is 10.3. The fourth-order valence-electron chi connectivity index (χ4n) is 0.696. The van der Waals surface area contributed by atoms with Crippen molar-refractivity contribution < 1.29 is 15.0 Å². The van der Waals surface area contributed by atoms with E-state index in [9.17, 15) is 4.79 Å². The summed E-state index contributed by atoms with van der Waals surface area (Å²) in [6.07, 6.45) is 0. The quantitative estimate of drug-likeness (QED) is 0.748. The molecule has 0 atom stereocenters. The number of aliphatic hydroxyl groups is 1. The highest BCUT2D eigenvalue weighted by molar-refractivity contribution is 5.87. The van der Waals surface area contributed by atoms with E-state index in [4.69, 9.17) is 10.2 Å². The lowest BCUT2D eigenvalue weighted by molar-refractivity contribution is 0.0696. The van der Waals surface area contributed by atoms with Gasteiger partial charge in [0.2, 0.25) is 0 Å². The Hall–Kier alpha value is -1.35. The Kier molecular flexibility index (Phi) is 5.02. The average Bonchev–Trinajstić information content (AvgIpc) is 2.01. The molecular formula is C12H18O3. The SMILES string of the molecule is CC(C)(C)O.Cc1ccc(C(=O)O)cc1. The first kappa shape index (κ1) is 13.7. The van der Waals surface area contributed by atoms with E-state index in [-0.39, 0.29) is 0 Å². The molecule has 0 spiro atoms. The minimum atomic E-state index is -0.875. The molecule has 0 radical (unpaired) electrons. The minimum absolute atomic E-state index is 0.339. The second-order valence-electron chi connectivity index (χ2n) is 4.34. The first-order chi connectivity index (χ1) is 6.70. The van der Waals surface area contributed by atoms with Crippen LogP contribution in [0.3, 0.4) is 0 Å². The van der Waals surface area contributed by atoms with E-state index >= 15 is 0 Å². The topological polar surface area (TPSA) is 57.5 Å². The van der Waals surface area contributed by atoms with Gasteiger partial charge in [0.1, 0.15) is 0 Å². The van der Waals surface area contributed by atoms with Gasteiger partial charge in [0.15, 0.2) is 0 Å². The standard InChI is InChI=1S/C8H8O2.C4H10O/c1-6-2-4-7(5-3-6)8(9)10;1-4(2,3)5/h2-5H,1H3,(H,9,10);5H,1-3H3. The van der Waals surface area contributed by atoms with Gasteiger partial charge in [0.25, 0.3) is 0 Å². The molecule has 15 heavy (non-hydrogen) atoms. The smallest absolute Gasteiger partial charge is 0.335 e. The number of hydrogen-bond donors (Lipinski definition) is 2. The maximum Gasteiger partial charge on any atom is 0.335 e. The van der Waals surface area contributed by atoms with Gasteiger partial charge in [-0.3, -0.25) is 0 Å². The summed E-state index contributed by atoms with van der Waals surface area (Å²) in [5.74, 6) is -0.875. The molecule has 0 amide bonds. The van der Waals surface area contributed by atoms with Crippen molar-refractivity contribution in [1.82, 2.24) is 0 Å². The predicted octanol–water partition coefficient (Wildman–Crippen LogP) is 2.47. The monoisotopic (exact) mass is 210 g/mol. The van der Waals surface area contributed by atoms with E-state index in [0.717, 1.165) is 5.56 Å². The van der Waals surface area contributed by atoms with Crippen molar-refractivity contribution in [2.75, 3.05) is 0 Å². The zero-order valence-corrected chi connectivity index (χ0v) is 9.61. The Morgan fingerprint density at radius 2 is 1.47 bits per heavy atom. The molecule has 84 valence electrons. The molecule has 0 aliphatic carbocycles. The summed E-state index contributed by atoms with van der Waals surface area (Å²) in [5.41, 5.74) is 0.913. The second kappa shape index (κ2) is 5.51. The second-order valence-corrected chi connectivity index (χ2v) is 4.34. The van der Waals surface area contributed by atoms with Crippen LogP contribution in [0, 0.1) is 6.92 Å². The Labute approximate surface area is 90.4 Å². The lowest BCUT2D eigenvalue weighted by Crippen LogP contribution is -2.10. The van der Waals surface area contributed by atoms with Crippen molar-refractivity contribution >= 4 is 5.97 Å². The number of aromatic carboxylic acids is 1. The number of aryl methyl sites for hydroxylation is 1. The number of carboxylic acid groups (broad SMARTS) is 1. The first-order valence-electron chi connectivity index (χ1n) is 4.72. The third-order valence-electron chi connectivity index (χ3n) is 1.30. The molecule has 0 saturated carbocycles. The van der Waals surface area contributed by atoms with E-state index < -0.39 is 11.6 Å². The summed E-state index contributed by atoms with van der Waals surface area (Å²) in [5, 5.41) is 17.0. The van der Waals surface area contributed by atoms with Crippen LogP contribution < -0.4 is 0 Å². The van der Waals surface area contributed by atoms with Crippen molar-refractivity contribution in [3.63, 3.8) is 0 Å². The molecule has 0 aliphatic heterocycles. The minimum Gasteiger partial charge on any atom is -0.478 e. The van der Waals surface area contributed by atoms with Crippen LogP contribution in [0.5, 0.6) is 0 Å². The van der Waals surface area contributed by atoms with Crippen molar-refractivity contribution in [2.45, 2.75) is 33.3 Å². The highest BCUT2D eigenvalue weighted by atomic mass is 16.4. The van der Waals surface area contributed by atoms with E-state index in [0.29, 0.717) is 5.56 Å². The van der Waals surface area contributed by atoms with Crippen LogP contribution in [0.4, 0.5) is 0 Å². The molecule has 0 aliphatic rings. The van der Waals surface area contributed by atoms with Crippen LogP contribution in [0.25, 0.3) is 0 Å². The van der Waals surface area contributed by atoms with Crippen LogP contribution in [0.2, 0.25) is 0 Å². The van der Waals surface area contributed by atoms with Crippen LogP contribution in [-0.4, -0.2) is 21.8 Å². The van der Waals surface area contributed by atoms with Gasteiger partial charge >= 0.3 is 5.97 Å². The van der Waals surface area contributed by atoms with Crippen LogP contribution in [-0.2, 0) is 0 Å². The van der Waals surface area contributed by atoms with E-state index in [1.807, 2.05) is 6.92 Å². The zero-order chi connectivity index (χ0) is 12.1. The maximum absolute atomic E-state index is 10.3. The Morgan fingerprint density at radius 3 is 1.73 bits per heavy atom. The molecule has 1 rings (SSSR count). The molecule has 1 aromatic carbocycles. The highest BCUT2D eigenvalue weighted by Crippen LogP contribution is 2.01. The van der Waals surface area contributed by atoms with Gasteiger partial charge in [-0.2, -0.15) is 0 Å². The number of benzene rings is 1. The van der Waals surface area contributed by atoms with Crippen molar-refractivity contribution in [1.29, 1.82) is 0 Å². The molecule has 0 aromatic heterocycles. The molecule has 0 unspecified atom stereocenters. The summed E-state index contributed by atoms with van der Waals surface area (Å²) < 4.78 is 0. The Balaban J connectivity index is 0.000000336. The van der Waals surface area contributed by atoms with Crippen molar-refractivity contribution in [2.24, 2.45) is 0 Å². The van der Waals surface area contributed by atoms with Crippen LogP contribution >= 0.6 is 0 Å². The lowest BCUT2D eigenvalue weighted by atomic mass is 10.2. The predicted molar refractivity (Wildman–Crippen MR) is 60.1 cm³/mol. The largest absolute Gasteiger partial charge is 0.478 e. The lowest BCUT2D eigenvalue weighted by Gasteiger charge is -2.04. The molecule has 0 heterocycles. The summed E-state index contributed by atoms with van der Waals surface area (Å²) in [4.78, 5) is 10.3. The van der Waals surface area contributed by atoms with Crippen molar-refractivity contribution in [3.05, 3.63) is 35.4 Å². The number of rotatable bonds is 1. The Bertz CT molecular complexity index is 301. The van der Waals surface area contributed by atoms with Gasteiger partial charge < -0.3 is 10.2 Å². The average molecular weight is 210 g/mol. The van der Waals surface area contributed by atoms with Crippen LogP contribution in [0.15, 0.2) is 24.3 Å². The molecule has 3 nitrogen and oxygen atoms in total. The molecule has 2 N–H and O–H groups in total. The Morgan fingerprint density at radius 1 is 1.13 bits per heavy atom. The van der Waals surface area contributed by atoms with Gasteiger partial charge in [0.05, 0.1) is 11.2 Å².